The summed E-state index contributed by atoms with van der Waals surface area (Å²) >= 11 is 0. The van der Waals surface area contributed by atoms with E-state index < -0.39 is 0 Å². The molecule has 0 atom stereocenters. The maximum atomic E-state index is 6.23. The zero-order chi connectivity index (χ0) is 24.5. The number of hydrogen-bond donors (Lipinski definition) is 0. The van der Waals surface area contributed by atoms with Gasteiger partial charge in [0.25, 0.3) is 0 Å². The van der Waals surface area contributed by atoms with Crippen LogP contribution in [0.4, 0.5) is 0 Å². The Hall–Kier alpha value is -5.08. The molecule has 3 aromatic heterocycles. The average molecular weight is 482 g/mol. The minimum absolute atomic E-state index is 0.959. The normalized spacial score (nSPS) is 12.7. The quantitative estimate of drug-likeness (QED) is 0.213. The Morgan fingerprint density at radius 1 is 0.395 bits per heavy atom. The Kier molecular flexibility index (Phi) is 3.23. The molecule has 0 saturated carbocycles. The fraction of sp³-hybridized carbons (Fsp3) is 0. The molecule has 0 spiro atoms. The first kappa shape index (κ1) is 19.1. The van der Waals surface area contributed by atoms with Crippen LogP contribution in [-0.2, 0) is 0 Å². The van der Waals surface area contributed by atoms with Gasteiger partial charge < -0.3 is 8.82 Å². The highest BCUT2D eigenvalue weighted by Gasteiger charge is 2.19. The number of para-hydroxylation sites is 2. The van der Waals surface area contributed by atoms with Gasteiger partial charge in [-0.3, -0.25) is 0 Å². The monoisotopic (exact) mass is 481 g/mol. The molecule has 0 aliphatic heterocycles. The summed E-state index contributed by atoms with van der Waals surface area (Å²) in [5.41, 5.74) is 8.24. The first-order valence-electron chi connectivity index (χ1n) is 13.1. The molecule has 38 heavy (non-hydrogen) atoms. The molecule has 0 radical (unpaired) electrons. The lowest BCUT2D eigenvalue weighted by atomic mass is 9.92. The molecule has 0 aliphatic rings. The van der Waals surface area contributed by atoms with Gasteiger partial charge in [0, 0.05) is 32.3 Å². The van der Waals surface area contributed by atoms with E-state index in [2.05, 4.69) is 120 Å². The van der Waals surface area contributed by atoms with E-state index in [-0.39, 0.29) is 0 Å². The lowest BCUT2D eigenvalue weighted by Gasteiger charge is -2.10. The summed E-state index contributed by atoms with van der Waals surface area (Å²) in [7, 11) is 0. The van der Waals surface area contributed by atoms with Crippen LogP contribution in [0, 0.1) is 0 Å². The largest absolute Gasteiger partial charge is 0.456 e. The van der Waals surface area contributed by atoms with Crippen molar-refractivity contribution in [3.63, 3.8) is 0 Å². The van der Waals surface area contributed by atoms with Crippen molar-refractivity contribution in [1.82, 2.24) is 4.40 Å². The Balaban J connectivity index is 1.29. The van der Waals surface area contributed by atoms with Crippen LogP contribution in [0.1, 0.15) is 0 Å². The molecule has 174 valence electrons. The van der Waals surface area contributed by atoms with Gasteiger partial charge in [0.1, 0.15) is 11.2 Å². The predicted molar refractivity (Wildman–Crippen MR) is 160 cm³/mol. The van der Waals surface area contributed by atoms with Gasteiger partial charge in [-0.2, -0.15) is 0 Å². The molecule has 0 fully saturated rings. The van der Waals surface area contributed by atoms with Crippen LogP contribution < -0.4 is 0 Å². The van der Waals surface area contributed by atoms with Crippen LogP contribution in [0.15, 0.2) is 120 Å². The highest BCUT2D eigenvalue weighted by molar-refractivity contribution is 6.33. The van der Waals surface area contributed by atoms with Crippen molar-refractivity contribution in [3.05, 3.63) is 115 Å². The summed E-state index contributed by atoms with van der Waals surface area (Å²) in [6.45, 7) is 0. The van der Waals surface area contributed by atoms with Crippen molar-refractivity contribution in [1.29, 1.82) is 0 Å². The molecule has 0 amide bonds. The third kappa shape index (κ3) is 2.13. The Morgan fingerprint density at radius 2 is 0.974 bits per heavy atom. The topological polar surface area (TPSA) is 17.6 Å². The Bertz CT molecular complexity index is 2560. The zero-order valence-electron chi connectivity index (χ0n) is 20.3. The summed E-state index contributed by atoms with van der Waals surface area (Å²) in [6.07, 6.45) is 0. The molecule has 10 aromatic rings. The smallest absolute Gasteiger partial charge is 0.136 e. The molecular weight excluding hydrogens is 462 g/mol. The number of benzene rings is 7. The maximum Gasteiger partial charge on any atom is 0.136 e. The van der Waals surface area contributed by atoms with E-state index in [1.165, 1.54) is 81.5 Å². The van der Waals surface area contributed by atoms with E-state index in [4.69, 9.17) is 4.42 Å². The third-order valence-corrected chi connectivity index (χ3v) is 8.68. The second-order valence-corrected chi connectivity index (χ2v) is 10.5. The fourth-order valence-electron chi connectivity index (χ4n) is 7.11. The van der Waals surface area contributed by atoms with Gasteiger partial charge in [-0.1, -0.05) is 78.9 Å². The highest BCUT2D eigenvalue weighted by Crippen LogP contribution is 2.44. The van der Waals surface area contributed by atoms with Crippen LogP contribution in [0.2, 0.25) is 0 Å². The molecule has 0 aliphatic carbocycles. The molecule has 10 rings (SSSR count). The van der Waals surface area contributed by atoms with Crippen molar-refractivity contribution in [2.45, 2.75) is 0 Å². The van der Waals surface area contributed by atoms with Gasteiger partial charge in [-0.25, -0.2) is 0 Å². The van der Waals surface area contributed by atoms with Crippen LogP contribution >= 0.6 is 0 Å². The number of aromatic nitrogens is 1. The summed E-state index contributed by atoms with van der Waals surface area (Å²) in [4.78, 5) is 0. The Morgan fingerprint density at radius 3 is 1.79 bits per heavy atom. The highest BCUT2D eigenvalue weighted by atomic mass is 16.3. The molecular formula is C36H19NO. The van der Waals surface area contributed by atoms with E-state index in [1.807, 2.05) is 0 Å². The van der Waals surface area contributed by atoms with E-state index in [9.17, 15) is 0 Å². The first-order valence-corrected chi connectivity index (χ1v) is 13.1. The zero-order valence-corrected chi connectivity index (χ0v) is 20.3. The van der Waals surface area contributed by atoms with Crippen LogP contribution in [-0.4, -0.2) is 4.40 Å². The first-order chi connectivity index (χ1) is 18.8. The molecule has 2 nitrogen and oxygen atoms in total. The Labute approximate surface area is 216 Å². The molecule has 3 heterocycles. The van der Waals surface area contributed by atoms with Gasteiger partial charge >= 0.3 is 0 Å². The summed E-state index contributed by atoms with van der Waals surface area (Å²) in [5, 5.41) is 12.8. The minimum atomic E-state index is 0.959. The molecule has 0 saturated heterocycles. The average Bonchev–Trinajstić information content (AvgIpc) is 3.63. The fourth-order valence-corrected chi connectivity index (χ4v) is 7.11. The second kappa shape index (κ2) is 6.42. The van der Waals surface area contributed by atoms with Gasteiger partial charge in [0.2, 0.25) is 0 Å². The number of hydrogen-bond acceptors (Lipinski definition) is 1. The van der Waals surface area contributed by atoms with Gasteiger partial charge in [-0.05, 0) is 69.1 Å². The SMILES string of the molecule is c1cc2oc3cccc4c5cc(-c6ccc7c(c6)c6cccc8c9ccccc9n7c86)ccc5c(c1)c2c34. The van der Waals surface area contributed by atoms with Gasteiger partial charge in [0.05, 0.1) is 16.6 Å². The second-order valence-electron chi connectivity index (χ2n) is 10.5. The lowest BCUT2D eigenvalue weighted by molar-refractivity contribution is 0.669. The minimum Gasteiger partial charge on any atom is -0.456 e. The van der Waals surface area contributed by atoms with Crippen LogP contribution in [0.3, 0.4) is 0 Å². The van der Waals surface area contributed by atoms with E-state index in [0.29, 0.717) is 0 Å². The summed E-state index contributed by atoms with van der Waals surface area (Å²) in [5.74, 6) is 0. The van der Waals surface area contributed by atoms with Gasteiger partial charge in [-0.15, -0.1) is 0 Å². The van der Waals surface area contributed by atoms with Crippen molar-refractivity contribution in [2.75, 3.05) is 0 Å². The van der Waals surface area contributed by atoms with E-state index in [0.717, 1.165) is 11.2 Å². The number of fused-ring (bicyclic) bond motifs is 9. The third-order valence-electron chi connectivity index (χ3n) is 8.68. The molecule has 7 aromatic carbocycles. The van der Waals surface area contributed by atoms with Crippen molar-refractivity contribution < 1.29 is 4.42 Å². The van der Waals surface area contributed by atoms with Crippen molar-refractivity contribution >= 4 is 81.6 Å². The predicted octanol–water partition coefficient (Wildman–Crippen LogP) is 10.1. The standard InChI is InChI=1S/C36H19NO/c1-2-11-30-23(6-1)26-9-3-10-27-29-19-21(15-17-31(29)37(30)36(26)27)20-14-16-22-24-7-4-12-32-34(24)35-25(28(22)18-20)8-5-13-33(35)38-32/h1-19H. The molecule has 2 heteroatoms. The molecule has 0 N–H and O–H groups in total. The van der Waals surface area contributed by atoms with Crippen molar-refractivity contribution in [2.24, 2.45) is 0 Å². The van der Waals surface area contributed by atoms with E-state index >= 15 is 0 Å². The summed E-state index contributed by atoms with van der Waals surface area (Å²) in [6, 6.07) is 42.1. The van der Waals surface area contributed by atoms with Crippen molar-refractivity contribution in [3.8, 4) is 11.1 Å². The number of furan rings is 1. The number of nitrogens with zero attached hydrogens (tertiary/aromatic N) is 1. The molecule has 0 bridgehead atoms. The lowest BCUT2D eigenvalue weighted by Crippen LogP contribution is -1.85. The van der Waals surface area contributed by atoms with Crippen LogP contribution in [0.25, 0.3) is 92.7 Å². The van der Waals surface area contributed by atoms with E-state index in [1.54, 1.807) is 0 Å². The van der Waals surface area contributed by atoms with Crippen LogP contribution in [0.5, 0.6) is 0 Å². The van der Waals surface area contributed by atoms with Gasteiger partial charge in [0.15, 0.2) is 0 Å². The molecule has 0 unspecified atom stereocenters. The summed E-state index contributed by atoms with van der Waals surface area (Å²) < 4.78 is 8.67. The maximum absolute atomic E-state index is 6.23. The number of rotatable bonds is 1.